The molecule has 1 aliphatic heterocycles. The van der Waals surface area contributed by atoms with Gasteiger partial charge in [-0.2, -0.15) is 4.39 Å². The van der Waals surface area contributed by atoms with Gasteiger partial charge in [-0.15, -0.1) is 0 Å². The Hall–Kier alpha value is -1.65. The van der Waals surface area contributed by atoms with Crippen LogP contribution >= 0.6 is 0 Å². The zero-order chi connectivity index (χ0) is 13.3. The van der Waals surface area contributed by atoms with Crippen LogP contribution in [0, 0.1) is 5.95 Å². The van der Waals surface area contributed by atoms with Crippen LogP contribution in [0.2, 0.25) is 0 Å². The first kappa shape index (κ1) is 12.8. The molecule has 1 saturated heterocycles. The van der Waals surface area contributed by atoms with E-state index < -0.39 is 11.5 Å². The Morgan fingerprint density at radius 2 is 2.11 bits per heavy atom. The third-order valence-corrected chi connectivity index (χ3v) is 2.75. The maximum Gasteiger partial charge on any atom is 0.410 e. The van der Waals surface area contributed by atoms with E-state index in [4.69, 9.17) is 4.74 Å². The van der Waals surface area contributed by atoms with Gasteiger partial charge in [0, 0.05) is 25.2 Å². The fourth-order valence-corrected chi connectivity index (χ4v) is 1.79. The van der Waals surface area contributed by atoms with Crippen molar-refractivity contribution in [3.8, 4) is 0 Å². The third kappa shape index (κ3) is 2.97. The van der Waals surface area contributed by atoms with Gasteiger partial charge < -0.3 is 9.64 Å². The van der Waals surface area contributed by atoms with Crippen LogP contribution in [0.4, 0.5) is 9.18 Å². The number of hydrogen-bond acceptors (Lipinski definition) is 3. The Labute approximate surface area is 106 Å². The van der Waals surface area contributed by atoms with Crippen LogP contribution < -0.4 is 0 Å². The first-order valence-corrected chi connectivity index (χ1v) is 5.94. The first-order valence-electron chi connectivity index (χ1n) is 5.94. The number of ether oxygens (including phenoxy) is 1. The highest BCUT2D eigenvalue weighted by atomic mass is 19.1. The SMILES string of the molecule is CC(C)(C)OC(=O)N1CC(c2ccc(F)nc2)C1. The average molecular weight is 252 g/mol. The van der Waals surface area contributed by atoms with Gasteiger partial charge in [-0.1, -0.05) is 6.07 Å². The lowest BCUT2D eigenvalue weighted by molar-refractivity contribution is 0.00815. The fraction of sp³-hybridized carbons (Fsp3) is 0.538. The molecule has 0 unspecified atom stereocenters. The van der Waals surface area contributed by atoms with E-state index in [0.717, 1.165) is 5.56 Å². The lowest BCUT2D eigenvalue weighted by atomic mass is 9.93. The average Bonchev–Trinajstić information content (AvgIpc) is 2.15. The Balaban J connectivity index is 1.87. The molecule has 1 aromatic rings. The summed E-state index contributed by atoms with van der Waals surface area (Å²) in [4.78, 5) is 16.9. The van der Waals surface area contributed by atoms with Gasteiger partial charge in [-0.3, -0.25) is 0 Å². The number of carbonyl (C=O) groups excluding carboxylic acids is 1. The van der Waals surface area contributed by atoms with Crippen molar-refractivity contribution in [2.45, 2.75) is 32.3 Å². The maximum absolute atomic E-state index is 12.7. The molecule has 0 atom stereocenters. The summed E-state index contributed by atoms with van der Waals surface area (Å²) in [7, 11) is 0. The smallest absolute Gasteiger partial charge is 0.410 e. The minimum atomic E-state index is -0.484. The van der Waals surface area contributed by atoms with E-state index >= 15 is 0 Å². The number of aromatic nitrogens is 1. The highest BCUT2D eigenvalue weighted by Crippen LogP contribution is 2.27. The van der Waals surface area contributed by atoms with Crippen molar-refractivity contribution in [2.24, 2.45) is 0 Å². The van der Waals surface area contributed by atoms with Gasteiger partial charge in [0.2, 0.25) is 5.95 Å². The van der Waals surface area contributed by atoms with Crippen molar-refractivity contribution in [1.82, 2.24) is 9.88 Å². The minimum absolute atomic E-state index is 0.227. The van der Waals surface area contributed by atoms with Crippen molar-refractivity contribution < 1.29 is 13.9 Å². The first-order chi connectivity index (χ1) is 8.35. The summed E-state index contributed by atoms with van der Waals surface area (Å²) >= 11 is 0. The van der Waals surface area contributed by atoms with Crippen molar-refractivity contribution in [1.29, 1.82) is 0 Å². The summed E-state index contributed by atoms with van der Waals surface area (Å²) in [5.41, 5.74) is 0.482. The number of likely N-dealkylation sites (tertiary alicyclic amines) is 1. The van der Waals surface area contributed by atoms with Crippen LogP contribution in [0.25, 0.3) is 0 Å². The monoisotopic (exact) mass is 252 g/mol. The molecule has 0 spiro atoms. The van der Waals surface area contributed by atoms with Gasteiger partial charge in [0.1, 0.15) is 5.60 Å². The summed E-state index contributed by atoms with van der Waals surface area (Å²) in [6, 6.07) is 3.05. The largest absolute Gasteiger partial charge is 0.444 e. The molecule has 1 fully saturated rings. The van der Waals surface area contributed by atoms with Gasteiger partial charge in [-0.25, -0.2) is 9.78 Å². The molecule has 0 aromatic carbocycles. The van der Waals surface area contributed by atoms with Crippen LogP contribution in [0.3, 0.4) is 0 Å². The molecule has 0 aliphatic carbocycles. The predicted molar refractivity (Wildman–Crippen MR) is 64.7 cm³/mol. The molecular weight excluding hydrogens is 235 g/mol. The van der Waals surface area contributed by atoms with Crippen molar-refractivity contribution in [3.05, 3.63) is 29.8 Å². The summed E-state index contributed by atoms with van der Waals surface area (Å²) < 4.78 is 17.9. The Morgan fingerprint density at radius 1 is 1.44 bits per heavy atom. The predicted octanol–water partition coefficient (Wildman–Crippen LogP) is 2.56. The number of rotatable bonds is 1. The molecule has 0 N–H and O–H groups in total. The number of halogens is 1. The fourth-order valence-electron chi connectivity index (χ4n) is 1.79. The molecule has 4 nitrogen and oxygen atoms in total. The summed E-state index contributed by atoms with van der Waals surface area (Å²) in [6.07, 6.45) is 1.22. The number of nitrogens with zero attached hydrogens (tertiary/aromatic N) is 2. The zero-order valence-corrected chi connectivity index (χ0v) is 10.8. The summed E-state index contributed by atoms with van der Waals surface area (Å²) in [5.74, 6) is -0.257. The van der Waals surface area contributed by atoms with E-state index in [-0.39, 0.29) is 12.0 Å². The Morgan fingerprint density at radius 3 is 2.61 bits per heavy atom. The number of hydrogen-bond donors (Lipinski definition) is 0. The second kappa shape index (κ2) is 4.55. The highest BCUT2D eigenvalue weighted by molar-refractivity contribution is 5.69. The molecule has 18 heavy (non-hydrogen) atoms. The van der Waals surface area contributed by atoms with Gasteiger partial charge in [0.25, 0.3) is 0 Å². The van der Waals surface area contributed by atoms with Crippen molar-refractivity contribution in [3.63, 3.8) is 0 Å². The molecule has 2 heterocycles. The van der Waals surface area contributed by atoms with E-state index in [1.54, 1.807) is 11.0 Å². The van der Waals surface area contributed by atoms with Crippen molar-refractivity contribution >= 4 is 6.09 Å². The van der Waals surface area contributed by atoms with E-state index in [0.29, 0.717) is 13.1 Å². The Kier molecular flexibility index (Phi) is 3.24. The molecule has 2 rings (SSSR count). The van der Waals surface area contributed by atoms with Crippen LogP contribution in [0.15, 0.2) is 18.3 Å². The molecule has 0 bridgehead atoms. The van der Waals surface area contributed by atoms with E-state index in [9.17, 15) is 9.18 Å². The second-order valence-electron chi connectivity index (χ2n) is 5.50. The normalized spacial score (nSPS) is 16.3. The molecule has 1 aromatic heterocycles. The van der Waals surface area contributed by atoms with E-state index in [1.165, 1.54) is 12.3 Å². The third-order valence-electron chi connectivity index (χ3n) is 2.75. The van der Waals surface area contributed by atoms with E-state index in [1.807, 2.05) is 20.8 Å². The maximum atomic E-state index is 12.7. The summed E-state index contributed by atoms with van der Waals surface area (Å²) in [6.45, 7) is 6.72. The van der Waals surface area contributed by atoms with Crippen molar-refractivity contribution in [2.75, 3.05) is 13.1 Å². The van der Waals surface area contributed by atoms with Crippen LogP contribution in [0.5, 0.6) is 0 Å². The molecule has 0 radical (unpaired) electrons. The van der Waals surface area contributed by atoms with Crippen LogP contribution in [-0.4, -0.2) is 34.7 Å². The van der Waals surface area contributed by atoms with E-state index in [2.05, 4.69) is 4.98 Å². The zero-order valence-electron chi connectivity index (χ0n) is 10.8. The van der Waals surface area contributed by atoms with Crippen LogP contribution in [0.1, 0.15) is 32.3 Å². The molecule has 1 amide bonds. The standard InChI is InChI=1S/C13H17FN2O2/c1-13(2,3)18-12(17)16-7-10(8-16)9-4-5-11(14)15-6-9/h4-6,10H,7-8H2,1-3H3. The van der Waals surface area contributed by atoms with Crippen LogP contribution in [-0.2, 0) is 4.74 Å². The highest BCUT2D eigenvalue weighted by Gasteiger charge is 2.34. The topological polar surface area (TPSA) is 42.4 Å². The molecular formula is C13H17FN2O2. The van der Waals surface area contributed by atoms with Gasteiger partial charge in [-0.05, 0) is 32.4 Å². The van der Waals surface area contributed by atoms with Gasteiger partial charge >= 0.3 is 6.09 Å². The lowest BCUT2D eigenvalue weighted by Crippen LogP contribution is -2.50. The quantitative estimate of drug-likeness (QED) is 0.721. The molecule has 1 aliphatic rings. The second-order valence-corrected chi connectivity index (χ2v) is 5.50. The number of amides is 1. The summed E-state index contributed by atoms with van der Waals surface area (Å²) in [5, 5.41) is 0. The Bertz CT molecular complexity index is 433. The lowest BCUT2D eigenvalue weighted by Gasteiger charge is -2.39. The van der Waals surface area contributed by atoms with Gasteiger partial charge in [0.05, 0.1) is 0 Å². The number of pyridine rings is 1. The minimum Gasteiger partial charge on any atom is -0.444 e. The molecule has 0 saturated carbocycles. The molecule has 5 heteroatoms. The molecule has 98 valence electrons. The van der Waals surface area contributed by atoms with Gasteiger partial charge in [0.15, 0.2) is 0 Å². The number of carbonyl (C=O) groups is 1.